The zero-order valence-electron chi connectivity index (χ0n) is 17.4. The fourth-order valence-corrected chi connectivity index (χ4v) is 5.88. The van der Waals surface area contributed by atoms with Gasteiger partial charge >= 0.3 is 0 Å². The molecule has 6 rings (SSSR count). The minimum Gasteiger partial charge on any atom is -0.328 e. The van der Waals surface area contributed by atoms with Crippen LogP contribution in [0.5, 0.6) is 0 Å². The van der Waals surface area contributed by atoms with Crippen LogP contribution in [0.25, 0.3) is 16.9 Å². The Kier molecular flexibility index (Phi) is 4.92. The van der Waals surface area contributed by atoms with Crippen molar-refractivity contribution < 1.29 is 0 Å². The number of hydrogen-bond donors (Lipinski definition) is 2. The first kappa shape index (κ1) is 18.9. The van der Waals surface area contributed by atoms with Gasteiger partial charge in [0.05, 0.1) is 23.8 Å². The first-order valence-corrected chi connectivity index (χ1v) is 11.9. The lowest BCUT2D eigenvalue weighted by Crippen LogP contribution is -2.41. The average molecular weight is 435 g/mol. The molecule has 0 aromatic carbocycles. The van der Waals surface area contributed by atoms with Crippen molar-refractivity contribution in [3.05, 3.63) is 42.7 Å². The standard InChI is InChI=1S/C22H26N8S/c1-2-4-16-13-29(7-5-15(16)3-1)14-18-9-20(31-28-18)27-21-22-24-12-19(17-10-25-26-11-17)30(22)8-6-23-21/h6,8-12,15-16H,1-5,7,13-14H2,(H,23,27)(H,25,26). The maximum Gasteiger partial charge on any atom is 0.180 e. The van der Waals surface area contributed by atoms with Crippen LogP contribution in [-0.2, 0) is 6.54 Å². The quantitative estimate of drug-likeness (QED) is 0.486. The summed E-state index contributed by atoms with van der Waals surface area (Å²) in [5.74, 6) is 2.59. The first-order valence-electron chi connectivity index (χ1n) is 11.1. The van der Waals surface area contributed by atoms with Crippen LogP contribution >= 0.6 is 11.5 Å². The maximum atomic E-state index is 4.71. The third-order valence-electron chi connectivity index (χ3n) is 6.78. The minimum absolute atomic E-state index is 0.732. The van der Waals surface area contributed by atoms with E-state index in [2.05, 4.69) is 36.4 Å². The van der Waals surface area contributed by atoms with Gasteiger partial charge in [-0.3, -0.25) is 14.4 Å². The molecule has 0 bridgehead atoms. The van der Waals surface area contributed by atoms with Gasteiger partial charge in [-0.1, -0.05) is 19.3 Å². The number of rotatable bonds is 5. The number of H-pyrrole nitrogens is 1. The van der Waals surface area contributed by atoms with Gasteiger partial charge in [-0.15, -0.1) is 0 Å². The molecule has 8 nitrogen and oxygen atoms in total. The molecule has 2 unspecified atom stereocenters. The molecule has 0 amide bonds. The van der Waals surface area contributed by atoms with Crippen LogP contribution in [-0.4, -0.2) is 46.9 Å². The maximum absolute atomic E-state index is 4.71. The topological polar surface area (TPSA) is 87.0 Å². The SMILES string of the molecule is c1cn2c(-c3cn[nH]c3)cnc2c(Nc2cc(CN3CCC4CCCCC4C3)ns2)n1. The highest BCUT2D eigenvalue weighted by Crippen LogP contribution is 2.36. The second-order valence-corrected chi connectivity index (χ2v) is 9.54. The van der Waals surface area contributed by atoms with Gasteiger partial charge in [0.2, 0.25) is 0 Å². The van der Waals surface area contributed by atoms with Gasteiger partial charge in [0, 0.05) is 37.2 Å². The molecule has 0 spiro atoms. The van der Waals surface area contributed by atoms with Crippen LogP contribution < -0.4 is 5.32 Å². The summed E-state index contributed by atoms with van der Waals surface area (Å²) in [6.45, 7) is 3.37. The molecule has 2 N–H and O–H groups in total. The second-order valence-electron chi connectivity index (χ2n) is 8.74. The summed E-state index contributed by atoms with van der Waals surface area (Å²) >= 11 is 1.49. The van der Waals surface area contributed by atoms with Gasteiger partial charge in [-0.05, 0) is 48.8 Å². The number of imidazole rings is 1. The van der Waals surface area contributed by atoms with Crippen LogP contribution in [0.15, 0.2) is 37.1 Å². The Morgan fingerprint density at radius 1 is 1.13 bits per heavy atom. The van der Waals surface area contributed by atoms with Crippen molar-refractivity contribution in [3.63, 3.8) is 0 Å². The highest BCUT2D eigenvalue weighted by molar-refractivity contribution is 7.10. The van der Waals surface area contributed by atoms with E-state index in [-0.39, 0.29) is 0 Å². The Morgan fingerprint density at radius 2 is 2.06 bits per heavy atom. The lowest BCUT2D eigenvalue weighted by atomic mass is 9.75. The number of fused-ring (bicyclic) bond motifs is 2. The Hall–Kier alpha value is -2.78. The predicted octanol–water partition coefficient (Wildman–Crippen LogP) is 4.33. The second kappa shape index (κ2) is 8.05. The summed E-state index contributed by atoms with van der Waals surface area (Å²) in [5, 5.41) is 11.3. The average Bonchev–Trinajstić information content (AvgIpc) is 3.55. The van der Waals surface area contributed by atoms with Gasteiger partial charge < -0.3 is 5.32 Å². The highest BCUT2D eigenvalue weighted by Gasteiger charge is 2.31. The number of nitrogens with zero attached hydrogens (tertiary/aromatic N) is 6. The number of aromatic nitrogens is 6. The number of anilines is 2. The van der Waals surface area contributed by atoms with Crippen LogP contribution in [0.4, 0.5) is 10.8 Å². The summed E-state index contributed by atoms with van der Waals surface area (Å²) in [4.78, 5) is 11.7. The molecule has 31 heavy (non-hydrogen) atoms. The zero-order valence-corrected chi connectivity index (χ0v) is 18.2. The highest BCUT2D eigenvalue weighted by atomic mass is 32.1. The molecule has 2 atom stereocenters. The molecule has 1 saturated carbocycles. The van der Waals surface area contributed by atoms with Crippen molar-refractivity contribution >= 4 is 28.0 Å². The largest absolute Gasteiger partial charge is 0.328 e. The van der Waals surface area contributed by atoms with Crippen LogP contribution in [0.2, 0.25) is 0 Å². The van der Waals surface area contributed by atoms with E-state index in [9.17, 15) is 0 Å². The van der Waals surface area contributed by atoms with Crippen LogP contribution in [0.1, 0.15) is 37.8 Å². The van der Waals surface area contributed by atoms with Crippen molar-refractivity contribution in [1.82, 2.24) is 33.8 Å². The van der Waals surface area contributed by atoms with Crippen LogP contribution in [0.3, 0.4) is 0 Å². The summed E-state index contributed by atoms with van der Waals surface area (Å²) in [5.41, 5.74) is 3.89. The number of hydrogen-bond acceptors (Lipinski definition) is 7. The van der Waals surface area contributed by atoms with Crippen LogP contribution in [0, 0.1) is 11.8 Å². The third kappa shape index (κ3) is 3.72. The summed E-state index contributed by atoms with van der Waals surface area (Å²) < 4.78 is 6.73. The minimum atomic E-state index is 0.732. The molecule has 9 heteroatoms. The number of nitrogens with one attached hydrogen (secondary N) is 2. The van der Waals surface area contributed by atoms with E-state index < -0.39 is 0 Å². The number of piperidine rings is 1. The molecule has 0 radical (unpaired) electrons. The van der Waals surface area contributed by atoms with Crippen molar-refractivity contribution in [1.29, 1.82) is 0 Å². The molecule has 1 aliphatic carbocycles. The Bertz CT molecular complexity index is 1160. The smallest absolute Gasteiger partial charge is 0.180 e. The summed E-state index contributed by atoms with van der Waals surface area (Å²) in [7, 11) is 0. The van der Waals surface area contributed by atoms with E-state index in [0.717, 1.165) is 51.8 Å². The molecule has 1 saturated heterocycles. The van der Waals surface area contributed by atoms with E-state index >= 15 is 0 Å². The number of aromatic amines is 1. The first-order chi connectivity index (χ1) is 15.3. The lowest BCUT2D eigenvalue weighted by molar-refractivity contribution is 0.0814. The molecule has 4 aromatic heterocycles. The van der Waals surface area contributed by atoms with E-state index in [0.29, 0.717) is 0 Å². The molecule has 2 aliphatic rings. The molecule has 1 aliphatic heterocycles. The summed E-state index contributed by atoms with van der Waals surface area (Å²) in [6.07, 6.45) is 16.3. The van der Waals surface area contributed by atoms with Gasteiger partial charge in [0.15, 0.2) is 11.5 Å². The van der Waals surface area contributed by atoms with Crippen molar-refractivity contribution in [2.24, 2.45) is 11.8 Å². The zero-order chi connectivity index (χ0) is 20.6. The van der Waals surface area contributed by atoms with E-state index in [4.69, 9.17) is 4.37 Å². The predicted molar refractivity (Wildman–Crippen MR) is 121 cm³/mol. The summed E-state index contributed by atoms with van der Waals surface area (Å²) in [6, 6.07) is 2.16. The van der Waals surface area contributed by atoms with Crippen molar-refractivity contribution in [2.45, 2.75) is 38.6 Å². The third-order valence-corrected chi connectivity index (χ3v) is 7.53. The van der Waals surface area contributed by atoms with Gasteiger partial charge in [-0.25, -0.2) is 9.97 Å². The van der Waals surface area contributed by atoms with Gasteiger partial charge in [0.1, 0.15) is 5.00 Å². The molecule has 5 heterocycles. The molecular formula is C22H26N8S. The van der Waals surface area contributed by atoms with E-state index in [1.807, 2.05) is 23.0 Å². The lowest BCUT2D eigenvalue weighted by Gasteiger charge is -2.41. The van der Waals surface area contributed by atoms with E-state index in [1.54, 1.807) is 12.4 Å². The van der Waals surface area contributed by atoms with Gasteiger partial charge in [0.25, 0.3) is 0 Å². The Labute approximate surface area is 184 Å². The molecule has 4 aromatic rings. The van der Waals surface area contributed by atoms with E-state index in [1.165, 1.54) is 56.7 Å². The van der Waals surface area contributed by atoms with Crippen molar-refractivity contribution in [3.8, 4) is 11.3 Å². The molecular weight excluding hydrogens is 408 g/mol. The fraction of sp³-hybridized carbons (Fsp3) is 0.455. The molecule has 160 valence electrons. The Balaban J connectivity index is 1.16. The Morgan fingerprint density at radius 3 is 2.97 bits per heavy atom. The van der Waals surface area contributed by atoms with Gasteiger partial charge in [-0.2, -0.15) is 9.47 Å². The normalized spacial score (nSPS) is 21.9. The number of likely N-dealkylation sites (tertiary alicyclic amines) is 1. The molecule has 2 fully saturated rings. The monoisotopic (exact) mass is 434 g/mol. The fourth-order valence-electron chi connectivity index (χ4n) is 5.22. The van der Waals surface area contributed by atoms with Crippen molar-refractivity contribution in [2.75, 3.05) is 18.4 Å².